The van der Waals surface area contributed by atoms with Gasteiger partial charge in [-0.3, -0.25) is 10.2 Å². The lowest BCUT2D eigenvalue weighted by Crippen LogP contribution is -2.28. The third kappa shape index (κ3) is 3.83. The van der Waals surface area contributed by atoms with Crippen LogP contribution in [0, 0.1) is 6.92 Å². The predicted molar refractivity (Wildman–Crippen MR) is 90.0 cm³/mol. The minimum Gasteiger partial charge on any atom is -0.262 e. The van der Waals surface area contributed by atoms with E-state index in [0.29, 0.717) is 10.3 Å². The van der Waals surface area contributed by atoms with E-state index in [2.05, 4.69) is 45.8 Å². The molecule has 0 spiro atoms. The van der Waals surface area contributed by atoms with Crippen LogP contribution in [0.15, 0.2) is 56.1 Å². The van der Waals surface area contributed by atoms with E-state index >= 15 is 0 Å². The van der Waals surface area contributed by atoms with Crippen molar-refractivity contribution in [3.05, 3.63) is 36.7 Å². The lowest BCUT2D eigenvalue weighted by atomic mass is 10.5. The van der Waals surface area contributed by atoms with Gasteiger partial charge in [-0.1, -0.05) is 0 Å². The molecule has 0 aliphatic heterocycles. The molecule has 13 heteroatoms. The highest BCUT2D eigenvalue weighted by Gasteiger charge is 2.24. The number of nitrogens with one attached hydrogen (secondary N) is 3. The van der Waals surface area contributed by atoms with Crippen LogP contribution in [0.25, 0.3) is 0 Å². The zero-order chi connectivity index (χ0) is 17.1. The van der Waals surface area contributed by atoms with Crippen molar-refractivity contribution in [1.29, 1.82) is 0 Å². The predicted octanol–water partition coefficient (Wildman–Crippen LogP) is 1.49. The van der Waals surface area contributed by atoms with Gasteiger partial charge in [0, 0.05) is 17.8 Å². The van der Waals surface area contributed by atoms with Crippen LogP contribution in [0.1, 0.15) is 5.82 Å². The Morgan fingerprint density at radius 1 is 1.12 bits per heavy atom. The summed E-state index contributed by atoms with van der Waals surface area (Å²) < 4.78 is 1.99. The topological polar surface area (TPSA) is 129 Å². The van der Waals surface area contributed by atoms with Crippen LogP contribution in [-0.2, 0) is 0 Å². The Labute approximate surface area is 154 Å². The van der Waals surface area contributed by atoms with Gasteiger partial charge < -0.3 is 0 Å². The fourth-order valence-corrected chi connectivity index (χ4v) is 4.57. The Balaban J connectivity index is 1.71. The molecule has 0 aliphatic rings. The first-order valence-electron chi connectivity index (χ1n) is 6.97. The van der Waals surface area contributed by atoms with Gasteiger partial charge in [-0.2, -0.15) is 15.4 Å². The molecule has 4 rings (SSSR count). The second-order valence-corrected chi connectivity index (χ2v) is 7.58. The largest absolute Gasteiger partial charge is 0.275 e. The summed E-state index contributed by atoms with van der Waals surface area (Å²) in [5, 5.41) is 27.4. The number of aromatic amines is 3. The van der Waals surface area contributed by atoms with Crippen molar-refractivity contribution >= 4 is 35.5 Å². The van der Waals surface area contributed by atoms with E-state index in [9.17, 15) is 0 Å². The summed E-state index contributed by atoms with van der Waals surface area (Å²) in [6.07, 6.45) is 5.10. The zero-order valence-electron chi connectivity index (χ0n) is 12.7. The van der Waals surface area contributed by atoms with E-state index in [1.165, 1.54) is 41.8 Å². The van der Waals surface area contributed by atoms with Crippen molar-refractivity contribution in [2.45, 2.75) is 32.2 Å². The maximum atomic E-state index is 4.38. The van der Waals surface area contributed by atoms with Gasteiger partial charge in [0.05, 0.1) is 11.1 Å². The molecule has 3 N–H and O–H groups in total. The third-order valence-corrected chi connectivity index (χ3v) is 5.87. The summed E-state index contributed by atoms with van der Waals surface area (Å²) in [6, 6.07) is 3.97. The van der Waals surface area contributed by atoms with Crippen LogP contribution in [0.5, 0.6) is 0 Å². The van der Waals surface area contributed by atoms with Crippen LogP contribution in [0.4, 0.5) is 0 Å². The highest BCUT2D eigenvalue weighted by atomic mass is 32.2. The number of rotatable bonds is 6. The molecule has 0 aromatic carbocycles. The quantitative estimate of drug-likeness (QED) is 0.419. The monoisotopic (exact) mass is 391 g/mol. The van der Waals surface area contributed by atoms with E-state index in [1.54, 1.807) is 6.20 Å². The molecule has 4 heterocycles. The minimum absolute atomic E-state index is 0.637. The number of aromatic nitrogens is 10. The minimum atomic E-state index is 0.637. The van der Waals surface area contributed by atoms with Gasteiger partial charge in [-0.05, 0) is 24.8 Å². The highest BCUT2D eigenvalue weighted by molar-refractivity contribution is 8.02. The summed E-state index contributed by atoms with van der Waals surface area (Å²) in [4.78, 5) is 9.54. The Morgan fingerprint density at radius 3 is 2.80 bits per heavy atom. The molecule has 10 nitrogen and oxygen atoms in total. The van der Waals surface area contributed by atoms with Crippen molar-refractivity contribution in [3.8, 4) is 0 Å². The summed E-state index contributed by atoms with van der Waals surface area (Å²) in [6.45, 7) is 1.87. The average molecular weight is 391 g/mol. The first kappa shape index (κ1) is 16.1. The molecule has 4 aromatic rings. The molecule has 126 valence electrons. The number of nitrogens with zero attached hydrogens (tertiary/aromatic N) is 7. The molecule has 0 amide bonds. The SMILES string of the molecule is Cc1nc(Sc2c(Sc3ncn[nH]3)ccc[n+]2Sc2cn[nH]n2)n[nH]1. The lowest BCUT2D eigenvalue weighted by Gasteiger charge is -2.03. The average Bonchev–Trinajstić information content (AvgIpc) is 3.34. The Bertz CT molecular complexity index is 895. The zero-order valence-corrected chi connectivity index (χ0v) is 15.2. The van der Waals surface area contributed by atoms with Gasteiger partial charge in [-0.15, -0.1) is 14.2 Å². The van der Waals surface area contributed by atoms with E-state index in [-0.39, 0.29) is 0 Å². The normalized spacial score (nSPS) is 11.1. The van der Waals surface area contributed by atoms with Gasteiger partial charge >= 0.3 is 0 Å². The fraction of sp³-hybridized carbons (Fsp3) is 0.0833. The molecule has 0 saturated carbocycles. The smallest absolute Gasteiger partial charge is 0.262 e. The second kappa shape index (κ2) is 7.25. The maximum absolute atomic E-state index is 4.38. The molecular weight excluding hydrogens is 380 g/mol. The Hall–Kier alpha value is -2.38. The van der Waals surface area contributed by atoms with Crippen molar-refractivity contribution < 1.29 is 3.97 Å². The number of hydrogen-bond donors (Lipinski definition) is 3. The summed E-state index contributed by atoms with van der Waals surface area (Å²) in [5.41, 5.74) is 0. The number of aryl methyl sites for hydroxylation is 1. The first-order valence-corrected chi connectivity index (χ1v) is 9.37. The summed E-state index contributed by atoms with van der Waals surface area (Å²) in [7, 11) is 0. The summed E-state index contributed by atoms with van der Waals surface area (Å²) >= 11 is 4.37. The molecule has 0 radical (unpaired) electrons. The number of hydrogen-bond acceptors (Lipinski definition) is 9. The molecule has 0 aliphatic carbocycles. The molecule has 0 bridgehead atoms. The summed E-state index contributed by atoms with van der Waals surface area (Å²) in [5.74, 6) is 0.763. The number of pyridine rings is 1. The highest BCUT2D eigenvalue weighted by Crippen LogP contribution is 2.35. The van der Waals surface area contributed by atoms with Crippen molar-refractivity contribution in [2.75, 3.05) is 0 Å². The standard InChI is InChI=1S/C12H11N10S3/c1-7-16-12(20-17-7)24-10-8(23-11-13-6-15-19-11)3-2-4-22(10)25-9-5-14-21-18-9/h2-6H,1H3,(H,13,15,19)(H,14,18,21)(H,16,17,20)/q+1. The first-order chi connectivity index (χ1) is 12.3. The van der Waals surface area contributed by atoms with Crippen LogP contribution in [0.2, 0.25) is 0 Å². The lowest BCUT2D eigenvalue weighted by molar-refractivity contribution is -0.542. The fourth-order valence-electron chi connectivity index (χ4n) is 1.84. The number of H-pyrrole nitrogens is 3. The Kier molecular flexibility index (Phi) is 4.67. The molecule has 0 saturated heterocycles. The van der Waals surface area contributed by atoms with Crippen LogP contribution >= 0.6 is 35.5 Å². The maximum Gasteiger partial charge on any atom is 0.275 e. The van der Waals surface area contributed by atoms with Gasteiger partial charge in [0.15, 0.2) is 11.4 Å². The van der Waals surface area contributed by atoms with Crippen molar-refractivity contribution in [2.24, 2.45) is 0 Å². The molecule has 0 unspecified atom stereocenters. The second-order valence-electron chi connectivity index (χ2n) is 4.60. The van der Waals surface area contributed by atoms with Gasteiger partial charge in [-0.25, -0.2) is 9.97 Å². The van der Waals surface area contributed by atoms with Gasteiger partial charge in [0.2, 0.25) is 22.1 Å². The van der Waals surface area contributed by atoms with Gasteiger partial charge in [0.25, 0.3) is 5.03 Å². The molecular formula is C12H11N10S3+. The van der Waals surface area contributed by atoms with E-state index in [4.69, 9.17) is 0 Å². The van der Waals surface area contributed by atoms with Crippen LogP contribution < -0.4 is 3.97 Å². The van der Waals surface area contributed by atoms with Crippen molar-refractivity contribution in [3.63, 3.8) is 0 Å². The van der Waals surface area contributed by atoms with E-state index in [0.717, 1.165) is 20.8 Å². The van der Waals surface area contributed by atoms with Gasteiger partial charge in [0.1, 0.15) is 12.2 Å². The third-order valence-electron chi connectivity index (χ3n) is 2.83. The van der Waals surface area contributed by atoms with Crippen molar-refractivity contribution in [1.82, 2.24) is 45.8 Å². The Morgan fingerprint density at radius 2 is 2.08 bits per heavy atom. The molecule has 0 atom stereocenters. The van der Waals surface area contributed by atoms with E-state index < -0.39 is 0 Å². The molecule has 0 fully saturated rings. The molecule has 4 aromatic heterocycles. The molecule has 25 heavy (non-hydrogen) atoms. The van der Waals surface area contributed by atoms with Crippen LogP contribution in [-0.4, -0.2) is 45.8 Å². The van der Waals surface area contributed by atoms with Crippen LogP contribution in [0.3, 0.4) is 0 Å². The van der Waals surface area contributed by atoms with E-state index in [1.807, 2.05) is 29.2 Å².